The average Bonchev–Trinajstić information content (AvgIpc) is 3.23. The first-order chi connectivity index (χ1) is 12.2. The largest absolute Gasteiger partial charge is 0.343 e. The van der Waals surface area contributed by atoms with Crippen molar-refractivity contribution in [2.75, 3.05) is 26.2 Å². The van der Waals surface area contributed by atoms with Gasteiger partial charge in [-0.25, -0.2) is 14.5 Å². The van der Waals surface area contributed by atoms with Gasteiger partial charge in [0.25, 0.3) is 5.91 Å². The zero-order valence-corrected chi connectivity index (χ0v) is 15.1. The Balaban J connectivity index is 1.65. The first-order valence-corrected chi connectivity index (χ1v) is 9.81. The van der Waals surface area contributed by atoms with Crippen LogP contribution in [-0.2, 0) is 6.42 Å². The van der Waals surface area contributed by atoms with Gasteiger partial charge in [0.05, 0.1) is 31.6 Å². The molecule has 0 saturated carbocycles. The van der Waals surface area contributed by atoms with Gasteiger partial charge in [0.2, 0.25) is 5.82 Å². The number of rotatable bonds is 1. The third kappa shape index (κ3) is 2.35. The van der Waals surface area contributed by atoms with Crippen LogP contribution in [0.25, 0.3) is 15.9 Å². The molecule has 1 aliphatic carbocycles. The summed E-state index contributed by atoms with van der Waals surface area (Å²) in [4.78, 5) is 26.3. The van der Waals surface area contributed by atoms with Gasteiger partial charge in [-0.2, -0.15) is 0 Å². The molecule has 1 atom stereocenters. The van der Waals surface area contributed by atoms with E-state index in [0.717, 1.165) is 48.5 Å². The number of amides is 1. The molecular formula is C17H21N6OS+. The van der Waals surface area contributed by atoms with Crippen LogP contribution in [0, 0.1) is 0 Å². The molecule has 1 fully saturated rings. The minimum atomic E-state index is -0.0675. The lowest BCUT2D eigenvalue weighted by atomic mass is 9.87. The van der Waals surface area contributed by atoms with Crippen LogP contribution < -0.4 is 5.32 Å². The lowest BCUT2D eigenvalue weighted by Crippen LogP contribution is -2.89. The van der Waals surface area contributed by atoms with E-state index in [1.807, 2.05) is 4.90 Å². The van der Waals surface area contributed by atoms with Crippen LogP contribution in [0.4, 0.5) is 0 Å². The van der Waals surface area contributed by atoms with Crippen LogP contribution in [-0.4, -0.2) is 56.6 Å². The summed E-state index contributed by atoms with van der Waals surface area (Å²) in [5.74, 6) is 0.737. The molecule has 3 aromatic rings. The molecule has 1 amide bonds. The summed E-state index contributed by atoms with van der Waals surface area (Å²) in [7, 11) is 0. The predicted octanol–water partition coefficient (Wildman–Crippen LogP) is 0.798. The number of nitrogens with zero attached hydrogens (tertiary/aromatic N) is 5. The summed E-state index contributed by atoms with van der Waals surface area (Å²) in [6.07, 6.45) is 5.25. The van der Waals surface area contributed by atoms with Crippen molar-refractivity contribution in [1.29, 1.82) is 0 Å². The van der Waals surface area contributed by atoms with Crippen molar-refractivity contribution >= 4 is 33.1 Å². The summed E-state index contributed by atoms with van der Waals surface area (Å²) in [5, 5.41) is 7.77. The van der Waals surface area contributed by atoms with Crippen LogP contribution >= 0.6 is 11.3 Å². The van der Waals surface area contributed by atoms with E-state index in [0.29, 0.717) is 11.7 Å². The molecule has 1 aliphatic heterocycles. The number of carbonyl (C=O) groups is 1. The number of aromatic nitrogens is 4. The van der Waals surface area contributed by atoms with Gasteiger partial charge >= 0.3 is 0 Å². The lowest BCUT2D eigenvalue weighted by Gasteiger charge is -2.23. The van der Waals surface area contributed by atoms with Gasteiger partial charge in [-0.3, -0.25) is 4.79 Å². The first-order valence-electron chi connectivity index (χ1n) is 9.00. The van der Waals surface area contributed by atoms with Gasteiger partial charge < -0.3 is 10.2 Å². The molecule has 0 spiro atoms. The maximum Gasteiger partial charge on any atom is 0.293 e. The van der Waals surface area contributed by atoms with Crippen molar-refractivity contribution in [2.45, 2.75) is 32.1 Å². The van der Waals surface area contributed by atoms with Crippen molar-refractivity contribution in [3.05, 3.63) is 22.6 Å². The smallest absolute Gasteiger partial charge is 0.293 e. The molecule has 7 nitrogen and oxygen atoms in total. The Morgan fingerprint density at radius 1 is 1.36 bits per heavy atom. The van der Waals surface area contributed by atoms with Crippen molar-refractivity contribution in [3.8, 4) is 0 Å². The van der Waals surface area contributed by atoms with Crippen molar-refractivity contribution in [3.63, 3.8) is 0 Å². The quantitative estimate of drug-likeness (QED) is 0.699. The van der Waals surface area contributed by atoms with Gasteiger partial charge in [-0.1, -0.05) is 6.92 Å². The Kier molecular flexibility index (Phi) is 3.49. The Bertz CT molecular complexity index is 970. The molecule has 2 N–H and O–H groups in total. The van der Waals surface area contributed by atoms with Crippen LogP contribution in [0.1, 0.15) is 46.7 Å². The summed E-state index contributed by atoms with van der Waals surface area (Å²) < 4.78 is 1.68. The topological polar surface area (TPSA) is 80.0 Å². The fourth-order valence-electron chi connectivity index (χ4n) is 4.07. The van der Waals surface area contributed by atoms with Gasteiger partial charge in [0, 0.05) is 4.88 Å². The number of hydrogen-bond acceptors (Lipinski definition) is 5. The maximum absolute atomic E-state index is 12.8. The van der Waals surface area contributed by atoms with Crippen molar-refractivity contribution in [2.24, 2.45) is 0 Å². The minimum Gasteiger partial charge on any atom is -0.343 e. The number of fused-ring (bicyclic) bond motifs is 5. The monoisotopic (exact) mass is 357 g/mol. The highest BCUT2D eigenvalue weighted by molar-refractivity contribution is 7.19. The molecule has 0 aromatic carbocycles. The summed E-state index contributed by atoms with van der Waals surface area (Å²) in [5.41, 5.74) is 2.16. The fraction of sp³-hybridized carbons (Fsp3) is 0.529. The van der Waals surface area contributed by atoms with E-state index in [9.17, 15) is 4.79 Å². The second-order valence-corrected chi connectivity index (χ2v) is 8.10. The molecule has 8 heteroatoms. The number of aryl methyl sites for hydroxylation is 1. The number of thiophene rings is 1. The Hall–Kier alpha value is -2.06. The highest BCUT2D eigenvalue weighted by Gasteiger charge is 2.27. The average molecular weight is 357 g/mol. The number of hydrogen-bond donors (Lipinski definition) is 1. The second-order valence-electron chi connectivity index (χ2n) is 7.02. The number of piperazine rings is 1. The Morgan fingerprint density at radius 2 is 2.20 bits per heavy atom. The highest BCUT2D eigenvalue weighted by atomic mass is 32.1. The zero-order valence-electron chi connectivity index (χ0n) is 14.2. The predicted molar refractivity (Wildman–Crippen MR) is 95.1 cm³/mol. The van der Waals surface area contributed by atoms with Crippen LogP contribution in [0.15, 0.2) is 6.33 Å². The molecule has 1 saturated heterocycles. The van der Waals surface area contributed by atoms with Gasteiger partial charge in [0.15, 0.2) is 5.65 Å². The minimum absolute atomic E-state index is 0.0675. The van der Waals surface area contributed by atoms with Crippen LogP contribution in [0.5, 0.6) is 0 Å². The van der Waals surface area contributed by atoms with Gasteiger partial charge in [0.1, 0.15) is 11.2 Å². The third-order valence-corrected chi connectivity index (χ3v) is 6.53. The van der Waals surface area contributed by atoms with Gasteiger partial charge in [-0.05, 0) is 30.7 Å². The van der Waals surface area contributed by atoms with Gasteiger partial charge in [-0.15, -0.1) is 16.4 Å². The molecule has 0 unspecified atom stereocenters. The molecule has 25 heavy (non-hydrogen) atoms. The molecule has 2 aliphatic rings. The molecule has 5 rings (SSSR count). The molecule has 4 heterocycles. The Morgan fingerprint density at radius 3 is 3.04 bits per heavy atom. The molecule has 0 radical (unpaired) electrons. The lowest BCUT2D eigenvalue weighted by molar-refractivity contribution is -0.661. The third-order valence-electron chi connectivity index (χ3n) is 5.36. The van der Waals surface area contributed by atoms with E-state index in [-0.39, 0.29) is 5.91 Å². The first kappa shape index (κ1) is 15.2. The normalized spacial score (nSPS) is 21.0. The van der Waals surface area contributed by atoms with Crippen molar-refractivity contribution in [1.82, 2.24) is 24.5 Å². The standard InChI is InChI=1S/C17H20N6OS/c1-10-3-2-4-11-12(10)13-15-20-14(17(24)22-7-5-18-6-8-22)21-23(15)9-19-16(13)25-11/h9-10,18H,2-8H2,1H3/p+1/t10-/m1/s1. The summed E-state index contributed by atoms with van der Waals surface area (Å²) >= 11 is 1.77. The maximum atomic E-state index is 12.8. The molecule has 0 bridgehead atoms. The summed E-state index contributed by atoms with van der Waals surface area (Å²) in [6, 6.07) is 0. The number of carbonyl (C=O) groups excluding carboxylic acids is 1. The van der Waals surface area contributed by atoms with Crippen LogP contribution in [0.2, 0.25) is 0 Å². The van der Waals surface area contributed by atoms with E-state index >= 15 is 0 Å². The number of quaternary nitrogens is 1. The highest BCUT2D eigenvalue weighted by Crippen LogP contribution is 2.42. The number of nitrogens with two attached hydrogens (primary N) is 1. The summed E-state index contributed by atoms with van der Waals surface area (Å²) in [6.45, 7) is 5.68. The SMILES string of the molecule is C[C@@H]1CCCc2sc3ncn4nc(C(=O)N5CC[NH2+]CC5)nc4c3c21. The van der Waals surface area contributed by atoms with E-state index in [1.54, 1.807) is 22.2 Å². The fourth-order valence-corrected chi connectivity index (χ4v) is 5.37. The Labute approximate surface area is 149 Å². The van der Waals surface area contributed by atoms with Crippen LogP contribution in [0.3, 0.4) is 0 Å². The second kappa shape index (κ2) is 5.74. The van der Waals surface area contributed by atoms with E-state index < -0.39 is 0 Å². The van der Waals surface area contributed by atoms with E-state index in [1.165, 1.54) is 23.3 Å². The van der Waals surface area contributed by atoms with Crippen molar-refractivity contribution < 1.29 is 10.1 Å². The molecule has 130 valence electrons. The van der Waals surface area contributed by atoms with E-state index in [4.69, 9.17) is 0 Å². The zero-order chi connectivity index (χ0) is 17.0. The molecular weight excluding hydrogens is 336 g/mol. The van der Waals surface area contributed by atoms with E-state index in [2.05, 4.69) is 27.3 Å². The molecule has 3 aromatic heterocycles.